The van der Waals surface area contributed by atoms with Crippen LogP contribution in [0.2, 0.25) is 0 Å². The Balaban J connectivity index is 0.00000225. The Morgan fingerprint density at radius 3 is 2.50 bits per heavy atom. The molecule has 1 aliphatic heterocycles. The van der Waals surface area contributed by atoms with Gasteiger partial charge in [0.25, 0.3) is 0 Å². The van der Waals surface area contributed by atoms with E-state index in [2.05, 4.69) is 20.1 Å². The van der Waals surface area contributed by atoms with Gasteiger partial charge in [0, 0.05) is 56.5 Å². The lowest BCUT2D eigenvalue weighted by Gasteiger charge is -2.41. The molecule has 2 aliphatic carbocycles. The summed E-state index contributed by atoms with van der Waals surface area (Å²) in [5, 5.41) is 3.42. The Bertz CT molecular complexity index is 678. The number of benzene rings is 1. The zero-order valence-electron chi connectivity index (χ0n) is 16.8. The van der Waals surface area contributed by atoms with Crippen LogP contribution in [-0.2, 0) is 10.8 Å². The van der Waals surface area contributed by atoms with Crippen molar-refractivity contribution >= 4 is 40.7 Å². The normalized spacial score (nSPS) is 28.8. The maximum absolute atomic E-state index is 12.4. The molecular weight excluding hydrogens is 483 g/mol. The van der Waals surface area contributed by atoms with Gasteiger partial charge >= 0.3 is 0 Å². The Hall–Kier alpha value is -0.670. The van der Waals surface area contributed by atoms with E-state index in [1.54, 1.807) is 0 Å². The van der Waals surface area contributed by atoms with Crippen molar-refractivity contribution in [3.8, 4) is 0 Å². The summed E-state index contributed by atoms with van der Waals surface area (Å²) in [6.45, 7) is 5.04. The molecule has 0 radical (unpaired) electrons. The molecule has 1 aromatic rings. The summed E-state index contributed by atoms with van der Waals surface area (Å²) < 4.78 is 12.4. The van der Waals surface area contributed by atoms with Crippen LogP contribution in [-0.4, -0.2) is 71.5 Å². The number of piperazine rings is 1. The maximum Gasteiger partial charge on any atom is 0.193 e. The fraction of sp³-hybridized carbons (Fsp3) is 0.667. The molecule has 4 unspecified atom stereocenters. The molecule has 28 heavy (non-hydrogen) atoms. The number of hydrogen-bond donors (Lipinski definition) is 1. The minimum Gasteiger partial charge on any atom is -0.355 e. The fourth-order valence-corrected chi connectivity index (χ4v) is 6.19. The Morgan fingerprint density at radius 1 is 1.14 bits per heavy atom. The number of nitrogens with zero attached hydrogens (tertiary/aromatic N) is 3. The number of guanidine groups is 1. The maximum atomic E-state index is 12.4. The summed E-state index contributed by atoms with van der Waals surface area (Å²) in [6, 6.07) is 10.5. The van der Waals surface area contributed by atoms with Crippen LogP contribution in [0.3, 0.4) is 0 Å². The lowest BCUT2D eigenvalue weighted by Crippen LogP contribution is -2.55. The summed E-state index contributed by atoms with van der Waals surface area (Å²) in [5.41, 5.74) is 0. The molecule has 7 heteroatoms. The second-order valence-electron chi connectivity index (χ2n) is 8.10. The lowest BCUT2D eigenvalue weighted by atomic mass is 9.93. The Kier molecular flexibility index (Phi) is 8.17. The lowest BCUT2D eigenvalue weighted by molar-refractivity contribution is 0.0959. The average molecular weight is 516 g/mol. The van der Waals surface area contributed by atoms with Gasteiger partial charge in [-0.1, -0.05) is 24.6 Å². The first kappa shape index (κ1) is 22.0. The quantitative estimate of drug-likeness (QED) is 0.372. The molecule has 5 nitrogen and oxygen atoms in total. The largest absolute Gasteiger partial charge is 0.355 e. The standard InChI is InChI=1S/C21H32N4OS.HI/c1-22-21(23-9-14-27(26)19-5-3-2-4-6-19)25-12-10-24(11-13-25)20-16-17-7-8-18(20)15-17;/h2-6,17-18,20H,7-16H2,1H3,(H,22,23);1H. The molecule has 3 fully saturated rings. The first-order chi connectivity index (χ1) is 13.2. The summed E-state index contributed by atoms with van der Waals surface area (Å²) in [6.07, 6.45) is 5.84. The van der Waals surface area contributed by atoms with Crippen molar-refractivity contribution < 1.29 is 4.21 Å². The van der Waals surface area contributed by atoms with Gasteiger partial charge in [0.05, 0.1) is 10.8 Å². The van der Waals surface area contributed by atoms with E-state index in [4.69, 9.17) is 0 Å². The topological polar surface area (TPSA) is 47.9 Å². The van der Waals surface area contributed by atoms with Gasteiger partial charge in [-0.25, -0.2) is 0 Å². The number of fused-ring (bicyclic) bond motifs is 2. The second-order valence-corrected chi connectivity index (χ2v) is 9.67. The molecule has 1 aromatic carbocycles. The SMILES string of the molecule is CN=C(NCCS(=O)c1ccccc1)N1CCN(C2CC3CCC2C3)CC1.I. The van der Waals surface area contributed by atoms with Crippen LogP contribution >= 0.6 is 24.0 Å². The highest BCUT2D eigenvalue weighted by Crippen LogP contribution is 2.46. The Labute approximate surface area is 188 Å². The van der Waals surface area contributed by atoms with E-state index < -0.39 is 10.8 Å². The molecule has 156 valence electrons. The molecule has 1 heterocycles. The molecule has 0 spiro atoms. The van der Waals surface area contributed by atoms with Crippen LogP contribution in [0.25, 0.3) is 0 Å². The zero-order chi connectivity index (χ0) is 18.6. The van der Waals surface area contributed by atoms with Crippen molar-refractivity contribution in [2.75, 3.05) is 45.5 Å². The van der Waals surface area contributed by atoms with E-state index in [9.17, 15) is 4.21 Å². The van der Waals surface area contributed by atoms with Crippen molar-refractivity contribution in [3.05, 3.63) is 30.3 Å². The average Bonchev–Trinajstić information content (AvgIpc) is 3.36. The van der Waals surface area contributed by atoms with Crippen LogP contribution < -0.4 is 5.32 Å². The van der Waals surface area contributed by atoms with Gasteiger partial charge in [0.1, 0.15) is 0 Å². The number of hydrogen-bond acceptors (Lipinski definition) is 3. The van der Waals surface area contributed by atoms with Crippen molar-refractivity contribution in [2.24, 2.45) is 16.8 Å². The van der Waals surface area contributed by atoms with Gasteiger partial charge in [0.2, 0.25) is 0 Å². The van der Waals surface area contributed by atoms with Gasteiger partial charge < -0.3 is 10.2 Å². The first-order valence-electron chi connectivity index (χ1n) is 10.4. The zero-order valence-corrected chi connectivity index (χ0v) is 19.9. The van der Waals surface area contributed by atoms with E-state index >= 15 is 0 Å². The van der Waals surface area contributed by atoms with E-state index in [1.165, 1.54) is 25.7 Å². The molecule has 2 bridgehead atoms. The second kappa shape index (κ2) is 10.4. The highest BCUT2D eigenvalue weighted by Gasteiger charge is 2.42. The monoisotopic (exact) mass is 516 g/mol. The van der Waals surface area contributed by atoms with Crippen molar-refractivity contribution in [1.29, 1.82) is 0 Å². The highest BCUT2D eigenvalue weighted by molar-refractivity contribution is 14.0. The predicted octanol–water partition coefficient (Wildman–Crippen LogP) is 2.79. The van der Waals surface area contributed by atoms with Crippen LogP contribution in [0.1, 0.15) is 25.7 Å². The minimum absolute atomic E-state index is 0. The molecule has 0 amide bonds. The molecule has 4 rings (SSSR count). The summed E-state index contributed by atoms with van der Waals surface area (Å²) >= 11 is 0. The van der Waals surface area contributed by atoms with Gasteiger partial charge in [-0.3, -0.25) is 14.1 Å². The molecule has 1 N–H and O–H groups in total. The van der Waals surface area contributed by atoms with Crippen molar-refractivity contribution in [1.82, 2.24) is 15.1 Å². The summed E-state index contributed by atoms with van der Waals surface area (Å²) in [7, 11) is 0.886. The number of rotatable bonds is 5. The van der Waals surface area contributed by atoms with Crippen molar-refractivity contribution in [2.45, 2.75) is 36.6 Å². The van der Waals surface area contributed by atoms with E-state index in [0.29, 0.717) is 12.3 Å². The Morgan fingerprint density at radius 2 is 1.89 bits per heavy atom. The molecule has 2 saturated carbocycles. The van der Waals surface area contributed by atoms with Gasteiger partial charge in [-0.05, 0) is 43.2 Å². The molecule has 3 aliphatic rings. The minimum atomic E-state index is -0.960. The highest BCUT2D eigenvalue weighted by atomic mass is 127. The third kappa shape index (κ3) is 5.08. The van der Waals surface area contributed by atoms with Gasteiger partial charge in [-0.2, -0.15) is 0 Å². The van der Waals surface area contributed by atoms with Crippen LogP contribution in [0.4, 0.5) is 0 Å². The van der Waals surface area contributed by atoms with Gasteiger partial charge in [-0.15, -0.1) is 24.0 Å². The fourth-order valence-electron chi connectivity index (χ4n) is 5.20. The van der Waals surface area contributed by atoms with E-state index in [0.717, 1.165) is 54.9 Å². The van der Waals surface area contributed by atoms with E-state index in [-0.39, 0.29) is 24.0 Å². The van der Waals surface area contributed by atoms with Gasteiger partial charge in [0.15, 0.2) is 5.96 Å². The molecular formula is C21H33IN4OS. The number of halogens is 1. The summed E-state index contributed by atoms with van der Waals surface area (Å²) in [4.78, 5) is 10.4. The summed E-state index contributed by atoms with van der Waals surface area (Å²) in [5.74, 6) is 3.53. The third-order valence-corrected chi connectivity index (χ3v) is 7.94. The van der Waals surface area contributed by atoms with Crippen LogP contribution in [0, 0.1) is 11.8 Å². The predicted molar refractivity (Wildman–Crippen MR) is 127 cm³/mol. The van der Waals surface area contributed by atoms with Crippen LogP contribution in [0.5, 0.6) is 0 Å². The smallest absolute Gasteiger partial charge is 0.193 e. The van der Waals surface area contributed by atoms with E-state index in [1.807, 2.05) is 37.4 Å². The molecule has 0 aromatic heterocycles. The van der Waals surface area contributed by atoms with Crippen molar-refractivity contribution in [3.63, 3.8) is 0 Å². The number of aliphatic imine (C=N–C) groups is 1. The number of nitrogens with one attached hydrogen (secondary N) is 1. The van der Waals surface area contributed by atoms with Crippen LogP contribution in [0.15, 0.2) is 40.2 Å². The molecule has 1 saturated heterocycles. The third-order valence-electron chi connectivity index (χ3n) is 6.57. The molecule has 4 atom stereocenters. The first-order valence-corrected chi connectivity index (χ1v) is 11.7.